The zero-order chi connectivity index (χ0) is 35.4. The van der Waals surface area contributed by atoms with Crippen molar-refractivity contribution in [3.8, 4) is 11.4 Å². The number of nitrogens with one attached hydrogen (secondary N) is 1. The number of hydrogen-bond acceptors (Lipinski definition) is 11. The van der Waals surface area contributed by atoms with Gasteiger partial charge in [0.05, 0.1) is 23.5 Å². The summed E-state index contributed by atoms with van der Waals surface area (Å²) in [6, 6.07) is 4.74. The van der Waals surface area contributed by atoms with Crippen LogP contribution in [0.1, 0.15) is 74.1 Å². The van der Waals surface area contributed by atoms with Crippen LogP contribution in [0.3, 0.4) is 0 Å². The molecule has 0 unspecified atom stereocenters. The van der Waals surface area contributed by atoms with E-state index in [2.05, 4.69) is 27.5 Å². The number of carbonyl (C=O) groups is 3. The molecule has 0 aliphatic carbocycles. The fraction of sp³-hybridized carbons (Fsp3) is 0.706. The normalized spacial score (nSPS) is 33.8. The van der Waals surface area contributed by atoms with Gasteiger partial charge in [0.25, 0.3) is 0 Å². The molecule has 2 fully saturated rings. The van der Waals surface area contributed by atoms with Gasteiger partial charge >= 0.3 is 12.1 Å². The van der Waals surface area contributed by atoms with Crippen LogP contribution in [0.25, 0.3) is 11.4 Å². The number of nitrogen functional groups attached to an aromatic ring is 1. The third-order valence-corrected chi connectivity index (χ3v) is 10.8. The number of Topliss-reactive ketones (excluding diaryl/α,β-unsaturated/α-hetero) is 1. The number of hydrogen-bond donors (Lipinski definition) is 2. The molecule has 4 heterocycles. The molecule has 0 spiro atoms. The predicted octanol–water partition coefficient (Wildman–Crippen LogP) is 3.29. The Balaban J connectivity index is 1.54. The average Bonchev–Trinajstić information content (AvgIpc) is 3.64. The van der Waals surface area contributed by atoms with E-state index >= 15 is 0 Å². The first-order chi connectivity index (χ1) is 22.6. The molecule has 0 saturated carbocycles. The van der Waals surface area contributed by atoms with E-state index in [1.165, 1.54) is 0 Å². The Morgan fingerprint density at radius 2 is 1.81 bits per heavy atom. The Hall–Kier alpha value is -3.52. The topological polar surface area (TPSA) is 164 Å². The second kappa shape index (κ2) is 15.4. The largest absolute Gasteiger partial charge is 0.458 e. The van der Waals surface area contributed by atoms with Crippen LogP contribution in [-0.2, 0) is 30.3 Å². The number of ketones is 1. The van der Waals surface area contributed by atoms with Gasteiger partial charge in [-0.15, -0.1) is 5.10 Å². The average molecular weight is 668 g/mol. The Bertz CT molecular complexity index is 1440. The number of esters is 1. The molecule has 264 valence electrons. The molecular formula is C34H54BN7O6. The van der Waals surface area contributed by atoms with Crippen molar-refractivity contribution in [1.82, 2.24) is 30.2 Å². The molecule has 2 aromatic rings. The Morgan fingerprint density at radius 3 is 2.48 bits per heavy atom. The summed E-state index contributed by atoms with van der Waals surface area (Å²) in [7, 11) is 3.69. The van der Waals surface area contributed by atoms with Crippen LogP contribution in [0.4, 0.5) is 10.6 Å². The first-order valence-electron chi connectivity index (χ1n) is 17.3. The van der Waals surface area contributed by atoms with Crippen LogP contribution in [-0.4, -0.2) is 100 Å². The lowest BCUT2D eigenvalue weighted by atomic mass is 9.62. The van der Waals surface area contributed by atoms with Gasteiger partial charge in [0.15, 0.2) is 5.60 Å². The predicted molar refractivity (Wildman–Crippen MR) is 185 cm³/mol. The van der Waals surface area contributed by atoms with Crippen molar-refractivity contribution in [2.45, 2.75) is 116 Å². The van der Waals surface area contributed by atoms with Gasteiger partial charge in [-0.2, -0.15) is 0 Å². The van der Waals surface area contributed by atoms with E-state index in [0.29, 0.717) is 56.1 Å². The maximum absolute atomic E-state index is 13.6. The van der Waals surface area contributed by atoms with Crippen molar-refractivity contribution in [2.75, 3.05) is 25.9 Å². The van der Waals surface area contributed by atoms with Crippen LogP contribution >= 0.6 is 0 Å². The molecule has 2 aliphatic heterocycles. The summed E-state index contributed by atoms with van der Waals surface area (Å²) in [5.74, 6) is -1.72. The molecule has 2 aromatic heterocycles. The molecule has 2 saturated heterocycles. The molecule has 48 heavy (non-hydrogen) atoms. The SMILES string of the molecule is B[C@@H]1[C@@H](C)C(=O)[C@@H](C)C(=O)O[C@H](CC)[C@@]2(C)OC(=O)N(CCCCn3cc(-c4cccc(N)n4)nn3)[C@@H]2[C@@H](C)NC[C@H](C)C[C@@]1(C)OC. The van der Waals surface area contributed by atoms with E-state index in [1.807, 2.05) is 60.8 Å². The number of pyridine rings is 1. The quantitative estimate of drug-likeness (QED) is 0.184. The number of ether oxygens (including phenoxy) is 3. The van der Waals surface area contributed by atoms with Gasteiger partial charge in [-0.05, 0) is 83.8 Å². The first kappa shape index (κ1) is 37.3. The van der Waals surface area contributed by atoms with Crippen molar-refractivity contribution in [2.24, 2.45) is 17.8 Å². The smallest absolute Gasteiger partial charge is 0.410 e. The van der Waals surface area contributed by atoms with E-state index in [4.69, 9.17) is 19.9 Å². The standard InChI is InChI=1S/C34H54BN7O6/c1-9-26-34(7)30(23(5)37-18-20(2)17-33(6,46-8)29(35)21(3)28(43)22(4)31(44)47-26)42(32(45)48-34)16-11-10-15-41-19-25(39-40-41)24-13-12-14-27(36)38-24/h12-14,19-23,26,29-30,37H,9-11,15-18,35H2,1-8H3,(H2,36,38)/t20-,21+,22-,23-,26-,29-,30-,33-,34-/m1/s1. The minimum absolute atomic E-state index is 0.136. The van der Waals surface area contributed by atoms with Crippen molar-refractivity contribution in [3.63, 3.8) is 0 Å². The Morgan fingerprint density at radius 1 is 1.10 bits per heavy atom. The minimum Gasteiger partial charge on any atom is -0.458 e. The molecule has 9 atom stereocenters. The number of carbonyl (C=O) groups excluding carboxylic acids is 3. The summed E-state index contributed by atoms with van der Waals surface area (Å²) in [5, 5.41) is 12.1. The maximum Gasteiger partial charge on any atom is 0.410 e. The van der Waals surface area contributed by atoms with Crippen LogP contribution in [0, 0.1) is 17.8 Å². The van der Waals surface area contributed by atoms with Gasteiger partial charge < -0.3 is 25.3 Å². The number of cyclic esters (lactones) is 1. The Kier molecular flexibility index (Phi) is 11.9. The van der Waals surface area contributed by atoms with Crippen LogP contribution in [0.5, 0.6) is 0 Å². The van der Waals surface area contributed by atoms with Gasteiger partial charge in [-0.25, -0.2) is 9.78 Å². The van der Waals surface area contributed by atoms with Crippen molar-refractivity contribution in [3.05, 3.63) is 24.4 Å². The number of methoxy groups -OCH3 is 1. The highest BCUT2D eigenvalue weighted by Gasteiger charge is 2.58. The van der Waals surface area contributed by atoms with Gasteiger partial charge in [0, 0.05) is 32.2 Å². The van der Waals surface area contributed by atoms with Crippen LogP contribution in [0.2, 0.25) is 5.82 Å². The number of nitrogens with zero attached hydrogens (tertiary/aromatic N) is 5. The highest BCUT2D eigenvalue weighted by molar-refractivity contribution is 6.15. The third-order valence-electron chi connectivity index (χ3n) is 10.8. The first-order valence-corrected chi connectivity index (χ1v) is 17.3. The lowest BCUT2D eigenvalue weighted by molar-refractivity contribution is -0.170. The maximum atomic E-state index is 13.6. The molecule has 0 aromatic carbocycles. The van der Waals surface area contributed by atoms with E-state index in [0.717, 1.165) is 6.42 Å². The van der Waals surface area contributed by atoms with Gasteiger partial charge in [-0.1, -0.05) is 32.1 Å². The summed E-state index contributed by atoms with van der Waals surface area (Å²) < 4.78 is 20.0. The summed E-state index contributed by atoms with van der Waals surface area (Å²) in [6.07, 6.45) is 3.16. The minimum atomic E-state index is -1.15. The summed E-state index contributed by atoms with van der Waals surface area (Å²) in [5.41, 5.74) is 5.38. The van der Waals surface area contributed by atoms with Crippen LogP contribution in [0.15, 0.2) is 24.4 Å². The molecule has 4 rings (SSSR count). The lowest BCUT2D eigenvalue weighted by Crippen LogP contribution is -2.61. The zero-order valence-electron chi connectivity index (χ0n) is 30.1. The fourth-order valence-electron chi connectivity index (χ4n) is 7.51. The summed E-state index contributed by atoms with van der Waals surface area (Å²) in [4.78, 5) is 46.8. The molecule has 0 bridgehead atoms. The zero-order valence-corrected chi connectivity index (χ0v) is 30.1. The monoisotopic (exact) mass is 667 g/mol. The number of amides is 1. The van der Waals surface area contributed by atoms with Gasteiger partial charge in [0.1, 0.15) is 37.2 Å². The molecule has 1 amide bonds. The number of unbranched alkanes of at least 4 members (excludes halogenated alkanes) is 1. The number of anilines is 1. The number of aryl methyl sites for hydroxylation is 1. The highest BCUT2D eigenvalue weighted by atomic mass is 16.6. The van der Waals surface area contributed by atoms with Crippen molar-refractivity contribution in [1.29, 1.82) is 0 Å². The van der Waals surface area contributed by atoms with E-state index < -0.39 is 47.2 Å². The fourth-order valence-corrected chi connectivity index (χ4v) is 7.51. The van der Waals surface area contributed by atoms with Crippen LogP contribution < -0.4 is 11.1 Å². The molecule has 13 nitrogen and oxygen atoms in total. The molecule has 2 aliphatic rings. The van der Waals surface area contributed by atoms with Gasteiger partial charge in [0.2, 0.25) is 0 Å². The number of nitrogens with two attached hydrogens (primary N) is 1. The lowest BCUT2D eigenvalue weighted by Gasteiger charge is -2.41. The summed E-state index contributed by atoms with van der Waals surface area (Å²) in [6.45, 7) is 15.1. The molecule has 3 N–H and O–H groups in total. The number of aromatic nitrogens is 4. The number of rotatable bonds is 8. The van der Waals surface area contributed by atoms with E-state index in [9.17, 15) is 14.4 Å². The molecule has 0 radical (unpaired) electrons. The van der Waals surface area contributed by atoms with E-state index in [1.54, 1.807) is 29.7 Å². The van der Waals surface area contributed by atoms with Crippen molar-refractivity contribution < 1.29 is 28.6 Å². The third kappa shape index (κ3) is 7.85. The molecule has 14 heteroatoms. The second-order valence-electron chi connectivity index (χ2n) is 14.3. The Labute approximate surface area is 285 Å². The summed E-state index contributed by atoms with van der Waals surface area (Å²) >= 11 is 0. The molecular weight excluding hydrogens is 613 g/mol. The highest BCUT2D eigenvalue weighted by Crippen LogP contribution is 2.40. The second-order valence-corrected chi connectivity index (χ2v) is 14.3. The van der Waals surface area contributed by atoms with Gasteiger partial charge in [-0.3, -0.25) is 19.2 Å². The van der Waals surface area contributed by atoms with Crippen molar-refractivity contribution >= 4 is 31.5 Å². The van der Waals surface area contributed by atoms with E-state index in [-0.39, 0.29) is 23.6 Å². The number of fused-ring (bicyclic) bond motifs is 1.